The van der Waals surface area contributed by atoms with Crippen LogP contribution in [-0.4, -0.2) is 39.6 Å². The van der Waals surface area contributed by atoms with Crippen LogP contribution in [0.25, 0.3) is 16.6 Å². The molecule has 1 amide bonds. The predicted molar refractivity (Wildman–Crippen MR) is 112 cm³/mol. The van der Waals surface area contributed by atoms with Crippen molar-refractivity contribution in [2.24, 2.45) is 7.05 Å². The Balaban J connectivity index is 1.83. The SMILES string of the molecule is Cc1nc2c(O)c(CC=C3CCc4ccc(F)cc43)c(C(=O)N(C)C)cc2n1C. The van der Waals surface area contributed by atoms with Crippen LogP contribution in [0, 0.1) is 12.7 Å². The first-order valence-corrected chi connectivity index (χ1v) is 9.65. The van der Waals surface area contributed by atoms with E-state index in [1.165, 1.54) is 11.0 Å². The zero-order valence-corrected chi connectivity index (χ0v) is 17.1. The highest BCUT2D eigenvalue weighted by molar-refractivity contribution is 6.01. The molecule has 0 aliphatic heterocycles. The lowest BCUT2D eigenvalue weighted by Gasteiger charge is -2.16. The third kappa shape index (κ3) is 3.18. The lowest BCUT2D eigenvalue weighted by Crippen LogP contribution is -2.23. The highest BCUT2D eigenvalue weighted by atomic mass is 19.1. The number of aryl methyl sites for hydroxylation is 3. The molecule has 0 atom stereocenters. The van der Waals surface area contributed by atoms with Crippen molar-refractivity contribution < 1.29 is 14.3 Å². The molecule has 150 valence electrons. The van der Waals surface area contributed by atoms with Gasteiger partial charge in [0.15, 0.2) is 0 Å². The minimum Gasteiger partial charge on any atom is -0.505 e. The molecular weight excluding hydrogens is 369 g/mol. The van der Waals surface area contributed by atoms with Gasteiger partial charge < -0.3 is 14.6 Å². The Morgan fingerprint density at radius 1 is 1.31 bits per heavy atom. The van der Waals surface area contributed by atoms with Crippen LogP contribution in [0.3, 0.4) is 0 Å². The maximum Gasteiger partial charge on any atom is 0.253 e. The minimum atomic E-state index is -0.256. The fourth-order valence-electron chi connectivity index (χ4n) is 4.01. The van der Waals surface area contributed by atoms with Crippen LogP contribution < -0.4 is 0 Å². The number of fused-ring (bicyclic) bond motifs is 2. The number of imidazole rings is 1. The Bertz CT molecular complexity index is 1170. The third-order valence-corrected chi connectivity index (χ3v) is 5.75. The van der Waals surface area contributed by atoms with Crippen LogP contribution in [-0.2, 0) is 19.9 Å². The molecule has 0 bridgehead atoms. The van der Waals surface area contributed by atoms with Crippen LogP contribution in [0.5, 0.6) is 5.75 Å². The Morgan fingerprint density at radius 2 is 2.07 bits per heavy atom. The van der Waals surface area contributed by atoms with E-state index in [4.69, 9.17) is 0 Å². The number of phenolic OH excluding ortho intramolecular Hbond substituents is 1. The number of carbonyl (C=O) groups excluding carboxylic acids is 1. The molecular formula is C23H24FN3O2. The van der Waals surface area contributed by atoms with Gasteiger partial charge in [0.25, 0.3) is 5.91 Å². The first-order chi connectivity index (χ1) is 13.8. The Labute approximate surface area is 169 Å². The van der Waals surface area contributed by atoms with E-state index in [9.17, 15) is 14.3 Å². The van der Waals surface area contributed by atoms with E-state index in [1.54, 1.807) is 26.2 Å². The lowest BCUT2D eigenvalue weighted by molar-refractivity contribution is 0.0826. The predicted octanol–water partition coefficient (Wildman–Crippen LogP) is 4.00. The van der Waals surface area contributed by atoms with Gasteiger partial charge in [-0.05, 0) is 61.1 Å². The van der Waals surface area contributed by atoms with Crippen LogP contribution in [0.1, 0.15) is 39.3 Å². The molecule has 29 heavy (non-hydrogen) atoms. The van der Waals surface area contributed by atoms with Gasteiger partial charge in [-0.15, -0.1) is 0 Å². The average Bonchev–Trinajstić information content (AvgIpc) is 3.21. The summed E-state index contributed by atoms with van der Waals surface area (Å²) in [6, 6.07) is 6.67. The van der Waals surface area contributed by atoms with Crippen LogP contribution >= 0.6 is 0 Å². The summed E-state index contributed by atoms with van der Waals surface area (Å²) >= 11 is 0. The molecule has 4 rings (SSSR count). The summed E-state index contributed by atoms with van der Waals surface area (Å²) in [4.78, 5) is 18.8. The van der Waals surface area contributed by atoms with E-state index in [-0.39, 0.29) is 17.5 Å². The van der Waals surface area contributed by atoms with Gasteiger partial charge in [0, 0.05) is 32.3 Å². The largest absolute Gasteiger partial charge is 0.505 e. The summed E-state index contributed by atoms with van der Waals surface area (Å²) in [5.41, 5.74) is 5.30. The molecule has 0 radical (unpaired) electrons. The monoisotopic (exact) mass is 393 g/mol. The first kappa shape index (κ1) is 19.2. The van der Waals surface area contributed by atoms with Crippen LogP contribution in [0.2, 0.25) is 0 Å². The number of carbonyl (C=O) groups is 1. The summed E-state index contributed by atoms with van der Waals surface area (Å²) in [6.07, 6.45) is 4.06. The number of amides is 1. The highest BCUT2D eigenvalue weighted by Crippen LogP contribution is 2.36. The van der Waals surface area contributed by atoms with Gasteiger partial charge in [0.1, 0.15) is 22.9 Å². The zero-order valence-electron chi connectivity index (χ0n) is 17.1. The third-order valence-electron chi connectivity index (χ3n) is 5.75. The molecule has 1 N–H and O–H groups in total. The number of allylic oxidation sites excluding steroid dienone is 2. The molecule has 0 unspecified atom stereocenters. The summed E-state index contributed by atoms with van der Waals surface area (Å²) in [6.45, 7) is 1.86. The van der Waals surface area contributed by atoms with Crippen LogP contribution in [0.15, 0.2) is 30.3 Å². The molecule has 2 aromatic carbocycles. The van der Waals surface area contributed by atoms with E-state index in [2.05, 4.69) is 4.98 Å². The molecule has 6 heteroatoms. The number of hydrogen-bond acceptors (Lipinski definition) is 3. The molecule has 0 saturated heterocycles. The quantitative estimate of drug-likeness (QED) is 0.732. The second kappa shape index (κ2) is 7.03. The Morgan fingerprint density at radius 3 is 2.79 bits per heavy atom. The second-order valence-corrected chi connectivity index (χ2v) is 7.77. The number of nitrogens with zero attached hydrogens (tertiary/aromatic N) is 3. The fourth-order valence-corrected chi connectivity index (χ4v) is 4.01. The highest BCUT2D eigenvalue weighted by Gasteiger charge is 2.23. The molecule has 0 saturated carbocycles. The van der Waals surface area contributed by atoms with Crippen molar-refractivity contribution in [3.8, 4) is 5.75 Å². The topological polar surface area (TPSA) is 58.4 Å². The molecule has 3 aromatic rings. The summed E-state index contributed by atoms with van der Waals surface area (Å²) in [7, 11) is 5.24. The first-order valence-electron chi connectivity index (χ1n) is 9.65. The number of aromatic nitrogens is 2. The number of benzene rings is 2. The summed E-state index contributed by atoms with van der Waals surface area (Å²) in [5.74, 6) is 0.362. The standard InChI is InChI=1S/C23H24FN3O2/c1-13-25-21-20(27(13)4)12-19(23(29)26(2)3)17(22(21)28)10-8-15-6-5-14-7-9-16(24)11-18(14)15/h7-9,11-12,28H,5-6,10H2,1-4H3. The van der Waals surface area contributed by atoms with Crippen molar-refractivity contribution in [1.82, 2.24) is 14.5 Å². The van der Waals surface area contributed by atoms with Gasteiger partial charge in [-0.1, -0.05) is 12.1 Å². The summed E-state index contributed by atoms with van der Waals surface area (Å²) < 4.78 is 15.6. The van der Waals surface area contributed by atoms with Crippen molar-refractivity contribution in [1.29, 1.82) is 0 Å². The van der Waals surface area contributed by atoms with Crippen molar-refractivity contribution in [3.05, 3.63) is 64.2 Å². The Hall–Kier alpha value is -3.15. The van der Waals surface area contributed by atoms with E-state index >= 15 is 0 Å². The smallest absolute Gasteiger partial charge is 0.253 e. The summed E-state index contributed by atoms with van der Waals surface area (Å²) in [5, 5.41) is 11.0. The number of halogens is 1. The number of rotatable bonds is 3. The Kier molecular flexibility index (Phi) is 4.65. The fraction of sp³-hybridized carbons (Fsp3) is 0.304. The van der Waals surface area contributed by atoms with Gasteiger partial charge in [-0.2, -0.15) is 0 Å². The van der Waals surface area contributed by atoms with Crippen molar-refractivity contribution in [2.75, 3.05) is 14.1 Å². The second-order valence-electron chi connectivity index (χ2n) is 7.77. The van der Waals surface area contributed by atoms with Gasteiger partial charge in [0.2, 0.25) is 0 Å². The molecule has 5 nitrogen and oxygen atoms in total. The van der Waals surface area contributed by atoms with E-state index < -0.39 is 0 Å². The lowest BCUT2D eigenvalue weighted by atomic mass is 9.98. The number of phenols is 1. The van der Waals surface area contributed by atoms with Crippen molar-refractivity contribution in [2.45, 2.75) is 26.2 Å². The van der Waals surface area contributed by atoms with E-state index in [0.29, 0.717) is 23.1 Å². The zero-order chi connectivity index (χ0) is 20.9. The van der Waals surface area contributed by atoms with Crippen molar-refractivity contribution in [3.63, 3.8) is 0 Å². The molecule has 1 aliphatic carbocycles. The molecule has 0 fully saturated rings. The van der Waals surface area contributed by atoms with E-state index in [0.717, 1.165) is 40.9 Å². The van der Waals surface area contributed by atoms with Crippen LogP contribution in [0.4, 0.5) is 4.39 Å². The van der Waals surface area contributed by atoms with Gasteiger partial charge in [-0.3, -0.25) is 4.79 Å². The molecule has 1 aliphatic rings. The van der Waals surface area contributed by atoms with Gasteiger partial charge in [0.05, 0.1) is 5.52 Å². The van der Waals surface area contributed by atoms with Gasteiger partial charge >= 0.3 is 0 Å². The maximum atomic E-state index is 13.7. The maximum absolute atomic E-state index is 13.7. The molecule has 1 aromatic heterocycles. The minimum absolute atomic E-state index is 0.0331. The van der Waals surface area contributed by atoms with Gasteiger partial charge in [-0.25, -0.2) is 9.37 Å². The van der Waals surface area contributed by atoms with E-state index in [1.807, 2.05) is 30.7 Å². The number of hydrogen-bond donors (Lipinski definition) is 1. The molecule has 1 heterocycles. The average molecular weight is 393 g/mol. The molecule has 0 spiro atoms. The van der Waals surface area contributed by atoms with Crippen molar-refractivity contribution >= 4 is 22.5 Å². The normalized spacial score (nSPS) is 14.6. The number of aromatic hydroxyl groups is 1.